The molecule has 0 unspecified atom stereocenters. The van der Waals surface area contributed by atoms with Gasteiger partial charge in [0.15, 0.2) is 5.78 Å². The third kappa shape index (κ3) is 3.01. The standard InChI is InChI=1S/C10H12N2O4/c1-7(2)8(13)6-16-9-4-3-5-11-10(9)12(14)15/h3-5,7H,6H2,1-2H3. The highest BCUT2D eigenvalue weighted by Gasteiger charge is 2.17. The second kappa shape index (κ2) is 5.20. The van der Waals surface area contributed by atoms with Crippen molar-refractivity contribution in [2.75, 3.05) is 6.61 Å². The Morgan fingerprint density at radius 1 is 1.62 bits per heavy atom. The first-order valence-electron chi connectivity index (χ1n) is 4.77. The van der Waals surface area contributed by atoms with Gasteiger partial charge in [-0.1, -0.05) is 13.8 Å². The number of aromatic nitrogens is 1. The molecule has 0 radical (unpaired) electrons. The van der Waals surface area contributed by atoms with Crippen molar-refractivity contribution in [2.24, 2.45) is 5.92 Å². The first-order chi connectivity index (χ1) is 7.52. The molecule has 6 heteroatoms. The SMILES string of the molecule is CC(C)C(=O)COc1cccnc1[N+](=O)[O-]. The number of hydrogen-bond acceptors (Lipinski definition) is 5. The number of nitro groups is 1. The molecule has 1 rings (SSSR count). The Morgan fingerprint density at radius 2 is 2.31 bits per heavy atom. The average Bonchev–Trinajstić information content (AvgIpc) is 2.25. The van der Waals surface area contributed by atoms with Crippen molar-refractivity contribution in [3.05, 3.63) is 28.4 Å². The molecule has 0 aliphatic heterocycles. The van der Waals surface area contributed by atoms with E-state index in [0.717, 1.165) is 0 Å². The Kier molecular flexibility index (Phi) is 3.93. The van der Waals surface area contributed by atoms with Gasteiger partial charge in [0.2, 0.25) is 5.75 Å². The van der Waals surface area contributed by atoms with E-state index in [1.165, 1.54) is 18.3 Å². The van der Waals surface area contributed by atoms with E-state index in [9.17, 15) is 14.9 Å². The molecule has 86 valence electrons. The molecule has 0 saturated carbocycles. The molecule has 0 atom stereocenters. The van der Waals surface area contributed by atoms with Gasteiger partial charge in [0.1, 0.15) is 12.8 Å². The summed E-state index contributed by atoms with van der Waals surface area (Å²) in [6, 6.07) is 2.93. The normalized spacial score (nSPS) is 10.2. The van der Waals surface area contributed by atoms with Gasteiger partial charge < -0.3 is 14.9 Å². The molecule has 0 amide bonds. The summed E-state index contributed by atoms with van der Waals surface area (Å²) in [6.07, 6.45) is 1.30. The first kappa shape index (κ1) is 12.1. The van der Waals surface area contributed by atoms with Crippen LogP contribution in [-0.4, -0.2) is 22.3 Å². The van der Waals surface area contributed by atoms with Crippen LogP contribution in [0.25, 0.3) is 0 Å². The minimum absolute atomic E-state index is 0.0153. The van der Waals surface area contributed by atoms with E-state index in [2.05, 4.69) is 4.98 Å². The van der Waals surface area contributed by atoms with Crippen LogP contribution in [0.5, 0.6) is 5.75 Å². The van der Waals surface area contributed by atoms with Crippen LogP contribution in [0.3, 0.4) is 0 Å². The van der Waals surface area contributed by atoms with E-state index in [1.807, 2.05) is 0 Å². The molecule has 0 aromatic carbocycles. The van der Waals surface area contributed by atoms with Crippen molar-refractivity contribution >= 4 is 11.6 Å². The molecular weight excluding hydrogens is 212 g/mol. The number of Topliss-reactive ketones (excluding diaryl/α,β-unsaturated/α-hetero) is 1. The molecule has 0 spiro atoms. The predicted octanol–water partition coefficient (Wildman–Crippen LogP) is 1.59. The Bertz CT molecular complexity index is 404. The Labute approximate surface area is 92.4 Å². The van der Waals surface area contributed by atoms with Gasteiger partial charge in [0.25, 0.3) is 0 Å². The molecule has 1 aromatic rings. The second-order valence-corrected chi connectivity index (χ2v) is 3.49. The lowest BCUT2D eigenvalue weighted by Gasteiger charge is -2.06. The predicted molar refractivity (Wildman–Crippen MR) is 56.2 cm³/mol. The Morgan fingerprint density at radius 3 is 2.88 bits per heavy atom. The van der Waals surface area contributed by atoms with Crippen molar-refractivity contribution in [1.82, 2.24) is 4.98 Å². The molecule has 1 aromatic heterocycles. The van der Waals surface area contributed by atoms with Crippen LogP contribution in [0.1, 0.15) is 13.8 Å². The monoisotopic (exact) mass is 224 g/mol. The van der Waals surface area contributed by atoms with Crippen molar-refractivity contribution in [2.45, 2.75) is 13.8 Å². The Hall–Kier alpha value is -1.98. The van der Waals surface area contributed by atoms with Gasteiger partial charge in [-0.05, 0) is 22.0 Å². The zero-order valence-corrected chi connectivity index (χ0v) is 9.04. The zero-order chi connectivity index (χ0) is 12.1. The highest BCUT2D eigenvalue weighted by molar-refractivity contribution is 5.81. The van der Waals surface area contributed by atoms with E-state index < -0.39 is 4.92 Å². The summed E-state index contributed by atoms with van der Waals surface area (Å²) >= 11 is 0. The minimum Gasteiger partial charge on any atom is -0.478 e. The number of ether oxygens (including phenoxy) is 1. The molecular formula is C10H12N2O4. The van der Waals surface area contributed by atoms with Gasteiger partial charge in [-0.3, -0.25) is 4.79 Å². The first-order valence-corrected chi connectivity index (χ1v) is 4.77. The summed E-state index contributed by atoms with van der Waals surface area (Å²) in [5.41, 5.74) is 0. The van der Waals surface area contributed by atoms with E-state index in [-0.39, 0.29) is 29.9 Å². The Balaban J connectivity index is 2.74. The van der Waals surface area contributed by atoms with E-state index in [4.69, 9.17) is 4.74 Å². The summed E-state index contributed by atoms with van der Waals surface area (Å²) in [5.74, 6) is -0.630. The number of carbonyl (C=O) groups is 1. The van der Waals surface area contributed by atoms with E-state index >= 15 is 0 Å². The minimum atomic E-state index is -0.644. The number of ketones is 1. The molecule has 0 N–H and O–H groups in total. The van der Waals surface area contributed by atoms with Gasteiger partial charge >= 0.3 is 5.82 Å². The van der Waals surface area contributed by atoms with Gasteiger partial charge in [0.05, 0.1) is 0 Å². The summed E-state index contributed by atoms with van der Waals surface area (Å²) in [6.45, 7) is 3.30. The second-order valence-electron chi connectivity index (χ2n) is 3.49. The maximum Gasteiger partial charge on any atom is 0.406 e. The largest absolute Gasteiger partial charge is 0.478 e. The fraction of sp³-hybridized carbons (Fsp3) is 0.400. The van der Waals surface area contributed by atoms with E-state index in [1.54, 1.807) is 13.8 Å². The molecule has 16 heavy (non-hydrogen) atoms. The van der Waals surface area contributed by atoms with Gasteiger partial charge in [-0.25, -0.2) is 0 Å². The molecule has 0 aliphatic rings. The molecule has 0 aliphatic carbocycles. The third-order valence-electron chi connectivity index (χ3n) is 1.94. The number of nitrogens with zero attached hydrogens (tertiary/aromatic N) is 2. The van der Waals surface area contributed by atoms with Crippen LogP contribution in [0.4, 0.5) is 5.82 Å². The van der Waals surface area contributed by atoms with Crippen molar-refractivity contribution in [3.63, 3.8) is 0 Å². The van der Waals surface area contributed by atoms with Crippen molar-refractivity contribution in [1.29, 1.82) is 0 Å². The van der Waals surface area contributed by atoms with Crippen LogP contribution in [-0.2, 0) is 4.79 Å². The number of pyridine rings is 1. The van der Waals surface area contributed by atoms with Gasteiger partial charge in [-0.15, -0.1) is 0 Å². The smallest absolute Gasteiger partial charge is 0.406 e. The van der Waals surface area contributed by atoms with Crippen molar-refractivity contribution in [3.8, 4) is 5.75 Å². The number of hydrogen-bond donors (Lipinski definition) is 0. The van der Waals surface area contributed by atoms with E-state index in [0.29, 0.717) is 0 Å². The quantitative estimate of drug-likeness (QED) is 0.560. The van der Waals surface area contributed by atoms with Crippen LogP contribution < -0.4 is 4.74 Å². The molecule has 0 bridgehead atoms. The van der Waals surface area contributed by atoms with Crippen molar-refractivity contribution < 1.29 is 14.5 Å². The number of carbonyl (C=O) groups excluding carboxylic acids is 1. The summed E-state index contributed by atoms with van der Waals surface area (Å²) < 4.78 is 5.07. The molecule has 0 fully saturated rings. The summed E-state index contributed by atoms with van der Waals surface area (Å²) in [7, 11) is 0. The summed E-state index contributed by atoms with van der Waals surface area (Å²) in [4.78, 5) is 24.8. The lowest BCUT2D eigenvalue weighted by Crippen LogP contribution is -2.17. The molecule has 0 saturated heterocycles. The van der Waals surface area contributed by atoms with Crippen LogP contribution in [0.2, 0.25) is 0 Å². The maximum absolute atomic E-state index is 11.3. The molecule has 1 heterocycles. The zero-order valence-electron chi connectivity index (χ0n) is 9.04. The van der Waals surface area contributed by atoms with Crippen LogP contribution in [0.15, 0.2) is 18.3 Å². The van der Waals surface area contributed by atoms with Gasteiger partial charge in [0, 0.05) is 5.92 Å². The fourth-order valence-electron chi connectivity index (χ4n) is 0.948. The maximum atomic E-state index is 11.3. The van der Waals surface area contributed by atoms with Crippen LogP contribution in [0, 0.1) is 16.0 Å². The average molecular weight is 224 g/mol. The van der Waals surface area contributed by atoms with Crippen LogP contribution >= 0.6 is 0 Å². The third-order valence-corrected chi connectivity index (χ3v) is 1.94. The molecule has 6 nitrogen and oxygen atoms in total. The fourth-order valence-corrected chi connectivity index (χ4v) is 0.948. The highest BCUT2D eigenvalue weighted by atomic mass is 16.6. The van der Waals surface area contributed by atoms with Gasteiger partial charge in [-0.2, -0.15) is 0 Å². The topological polar surface area (TPSA) is 82.3 Å². The number of rotatable bonds is 5. The lowest BCUT2D eigenvalue weighted by molar-refractivity contribution is -0.390. The lowest BCUT2D eigenvalue weighted by atomic mass is 10.1. The summed E-state index contributed by atoms with van der Waals surface area (Å²) in [5, 5.41) is 10.6. The highest BCUT2D eigenvalue weighted by Crippen LogP contribution is 2.22.